The van der Waals surface area contributed by atoms with Crippen LogP contribution in [-0.2, 0) is 27.9 Å². The van der Waals surface area contributed by atoms with Gasteiger partial charge in [0.15, 0.2) is 17.0 Å². The number of imidazole rings is 1. The SMILES string of the molecule is CCCCCCCCOC(=O)[C@H](C)O[P+](=O)OC[C@]1(C)CC[C@H](n2cnc3c(N)nc(F)nc32)O1. The van der Waals surface area contributed by atoms with E-state index in [1.54, 1.807) is 11.5 Å². The van der Waals surface area contributed by atoms with E-state index in [-0.39, 0.29) is 23.6 Å². The van der Waals surface area contributed by atoms with E-state index in [9.17, 15) is 13.8 Å². The second kappa shape index (κ2) is 12.6. The minimum atomic E-state index is -2.56. The highest BCUT2D eigenvalue weighted by molar-refractivity contribution is 7.33. The van der Waals surface area contributed by atoms with Gasteiger partial charge in [-0.25, -0.2) is 9.78 Å². The summed E-state index contributed by atoms with van der Waals surface area (Å²) in [5.74, 6) is -0.626. The number of unbranched alkanes of at least 4 members (excludes halogenated alkanes) is 5. The Kier molecular flexibility index (Phi) is 9.85. The van der Waals surface area contributed by atoms with Gasteiger partial charge in [-0.05, 0) is 33.1 Å². The number of nitrogens with two attached hydrogens (primary N) is 1. The number of nitrogen functional groups attached to an aromatic ring is 1. The molecule has 0 spiro atoms. The summed E-state index contributed by atoms with van der Waals surface area (Å²) < 4.78 is 49.3. The average molecular weight is 515 g/mol. The number of fused-ring (bicyclic) bond motifs is 1. The molecule has 0 radical (unpaired) electrons. The zero-order chi connectivity index (χ0) is 25.4. The van der Waals surface area contributed by atoms with Crippen molar-refractivity contribution in [3.05, 3.63) is 12.4 Å². The van der Waals surface area contributed by atoms with E-state index in [1.807, 2.05) is 0 Å². The maximum atomic E-state index is 13.6. The van der Waals surface area contributed by atoms with Gasteiger partial charge in [0.1, 0.15) is 12.8 Å². The molecule has 2 N–H and O–H groups in total. The molecular weight excluding hydrogens is 480 g/mol. The molecule has 1 unspecified atom stereocenters. The summed E-state index contributed by atoms with van der Waals surface area (Å²) in [6.45, 7) is 5.72. The highest BCUT2D eigenvalue weighted by Crippen LogP contribution is 2.40. The van der Waals surface area contributed by atoms with Crippen molar-refractivity contribution in [3.8, 4) is 0 Å². The molecule has 2 aromatic heterocycles. The van der Waals surface area contributed by atoms with E-state index >= 15 is 0 Å². The van der Waals surface area contributed by atoms with Gasteiger partial charge < -0.3 is 15.2 Å². The molecule has 13 heteroatoms. The predicted molar refractivity (Wildman–Crippen MR) is 126 cm³/mol. The Morgan fingerprint density at radius 2 is 2.09 bits per heavy atom. The topological polar surface area (TPSA) is 141 Å². The molecule has 0 aliphatic carbocycles. The Morgan fingerprint density at radius 1 is 1.34 bits per heavy atom. The molecule has 1 fully saturated rings. The van der Waals surface area contributed by atoms with Crippen LogP contribution in [0.2, 0.25) is 0 Å². The van der Waals surface area contributed by atoms with Crippen LogP contribution in [0.3, 0.4) is 0 Å². The summed E-state index contributed by atoms with van der Waals surface area (Å²) in [4.78, 5) is 23.4. The molecule has 0 saturated carbocycles. The van der Waals surface area contributed by atoms with Gasteiger partial charge >= 0.3 is 20.3 Å². The molecule has 0 aromatic carbocycles. The van der Waals surface area contributed by atoms with E-state index in [0.29, 0.717) is 19.4 Å². The van der Waals surface area contributed by atoms with Gasteiger partial charge in [-0.3, -0.25) is 4.57 Å². The highest BCUT2D eigenvalue weighted by atomic mass is 31.1. The first-order chi connectivity index (χ1) is 16.7. The van der Waals surface area contributed by atoms with Crippen LogP contribution in [0.15, 0.2) is 6.33 Å². The smallest absolute Gasteiger partial charge is 0.464 e. The molecule has 194 valence electrons. The molecule has 1 saturated heterocycles. The van der Waals surface area contributed by atoms with E-state index in [0.717, 1.165) is 19.3 Å². The number of ether oxygens (including phenoxy) is 2. The summed E-state index contributed by atoms with van der Waals surface area (Å²) >= 11 is 0. The molecular formula is C22H34FN5O6P+. The molecule has 11 nitrogen and oxygen atoms in total. The van der Waals surface area contributed by atoms with E-state index in [2.05, 4.69) is 21.9 Å². The molecule has 2 aromatic rings. The van der Waals surface area contributed by atoms with E-state index < -0.39 is 38.2 Å². The minimum Gasteiger partial charge on any atom is -0.464 e. The zero-order valence-electron chi connectivity index (χ0n) is 20.4. The zero-order valence-corrected chi connectivity index (χ0v) is 21.3. The molecule has 3 heterocycles. The highest BCUT2D eigenvalue weighted by Gasteiger charge is 2.42. The van der Waals surface area contributed by atoms with Gasteiger partial charge in [0.25, 0.3) is 0 Å². The largest absolute Gasteiger partial charge is 0.698 e. The third-order valence-electron chi connectivity index (χ3n) is 5.87. The summed E-state index contributed by atoms with van der Waals surface area (Å²) in [6.07, 6.45) is 6.65. The number of hydrogen-bond donors (Lipinski definition) is 1. The van der Waals surface area contributed by atoms with Crippen LogP contribution in [0.25, 0.3) is 11.2 Å². The second-order valence-corrected chi connectivity index (χ2v) is 9.86. The summed E-state index contributed by atoms with van der Waals surface area (Å²) in [7, 11) is -2.56. The Bertz CT molecular complexity index is 1020. The monoisotopic (exact) mass is 514 g/mol. The number of rotatable bonds is 14. The van der Waals surface area contributed by atoms with Gasteiger partial charge in [0, 0.05) is 4.57 Å². The number of halogens is 1. The standard InChI is InChI=1S/C22H34FN5O6P/c1-4-5-6-7-8-9-12-31-20(29)15(2)34-35(30)32-13-22(3)11-10-16(33-22)28-14-25-17-18(24)26-21(23)27-19(17)28/h14-16H,4-13H2,1-3H3,(H2,24,26,27)/q+1/t15-,16+,22-/m0/s1. The number of hydrogen-bond acceptors (Lipinski definition) is 10. The molecule has 35 heavy (non-hydrogen) atoms. The fourth-order valence-corrected chi connectivity index (χ4v) is 4.65. The third kappa shape index (κ3) is 7.60. The van der Waals surface area contributed by atoms with Gasteiger partial charge in [-0.2, -0.15) is 14.4 Å². The molecule has 1 aliphatic heterocycles. The van der Waals surface area contributed by atoms with Gasteiger partial charge in [0.05, 0.1) is 18.5 Å². The number of carbonyl (C=O) groups excluding carboxylic acids is 1. The van der Waals surface area contributed by atoms with Crippen LogP contribution in [0.1, 0.15) is 78.4 Å². The molecule has 1 aliphatic rings. The quantitative estimate of drug-likeness (QED) is 0.165. The Balaban J connectivity index is 1.41. The molecule has 0 bridgehead atoms. The summed E-state index contributed by atoms with van der Waals surface area (Å²) in [5.41, 5.74) is 5.45. The van der Waals surface area contributed by atoms with Crippen molar-refractivity contribution in [2.24, 2.45) is 0 Å². The molecule has 3 rings (SSSR count). The average Bonchev–Trinajstić information content (AvgIpc) is 3.41. The Hall–Kier alpha value is -2.27. The van der Waals surface area contributed by atoms with E-state index in [1.165, 1.54) is 32.5 Å². The number of esters is 1. The number of anilines is 1. The summed E-state index contributed by atoms with van der Waals surface area (Å²) in [5, 5.41) is 0. The first kappa shape index (κ1) is 27.3. The van der Waals surface area contributed by atoms with Crippen LogP contribution < -0.4 is 5.73 Å². The Morgan fingerprint density at radius 3 is 2.86 bits per heavy atom. The third-order valence-corrected chi connectivity index (χ3v) is 6.69. The van der Waals surface area contributed by atoms with Crippen molar-refractivity contribution in [1.29, 1.82) is 0 Å². The predicted octanol–water partition coefficient (Wildman–Crippen LogP) is 4.60. The normalized spacial score (nSPS) is 21.4. The van der Waals surface area contributed by atoms with Crippen molar-refractivity contribution in [3.63, 3.8) is 0 Å². The number of carbonyl (C=O) groups is 1. The maximum Gasteiger partial charge on any atom is 0.698 e. The first-order valence-electron chi connectivity index (χ1n) is 12.0. The van der Waals surface area contributed by atoms with Crippen LogP contribution in [-0.4, -0.2) is 50.4 Å². The lowest BCUT2D eigenvalue weighted by atomic mass is 10.0. The van der Waals surface area contributed by atoms with Gasteiger partial charge in [-0.15, -0.1) is 9.05 Å². The second-order valence-electron chi connectivity index (χ2n) is 8.94. The van der Waals surface area contributed by atoms with Gasteiger partial charge in [-0.1, -0.05) is 39.0 Å². The number of aromatic nitrogens is 4. The fourth-order valence-electron chi connectivity index (χ4n) is 3.86. The number of nitrogens with zero attached hydrogens (tertiary/aromatic N) is 4. The fraction of sp³-hybridized carbons (Fsp3) is 0.727. The van der Waals surface area contributed by atoms with Crippen molar-refractivity contribution in [1.82, 2.24) is 19.5 Å². The van der Waals surface area contributed by atoms with Crippen LogP contribution in [0.5, 0.6) is 0 Å². The first-order valence-corrected chi connectivity index (χ1v) is 13.1. The van der Waals surface area contributed by atoms with E-state index in [4.69, 9.17) is 24.3 Å². The van der Waals surface area contributed by atoms with Crippen LogP contribution in [0.4, 0.5) is 10.2 Å². The lowest BCUT2D eigenvalue weighted by molar-refractivity contribution is -0.151. The van der Waals surface area contributed by atoms with Crippen LogP contribution in [0, 0.1) is 6.08 Å². The lowest BCUT2D eigenvalue weighted by Crippen LogP contribution is -2.30. The Labute approximate surface area is 204 Å². The van der Waals surface area contributed by atoms with Gasteiger partial charge in [0.2, 0.25) is 6.10 Å². The molecule has 4 atom stereocenters. The maximum absolute atomic E-state index is 13.6. The molecule has 0 amide bonds. The van der Waals surface area contributed by atoms with Crippen molar-refractivity contribution >= 4 is 31.2 Å². The van der Waals surface area contributed by atoms with Crippen molar-refractivity contribution < 1.29 is 32.3 Å². The lowest BCUT2D eigenvalue weighted by Gasteiger charge is -2.22. The van der Waals surface area contributed by atoms with Crippen molar-refractivity contribution in [2.45, 2.75) is 90.1 Å². The summed E-state index contributed by atoms with van der Waals surface area (Å²) in [6, 6.07) is 0. The minimum absolute atomic E-state index is 0.0314. The van der Waals surface area contributed by atoms with Crippen molar-refractivity contribution in [2.75, 3.05) is 18.9 Å². The van der Waals surface area contributed by atoms with Crippen LogP contribution >= 0.6 is 8.25 Å².